The maximum absolute atomic E-state index is 4.72. The second-order valence-corrected chi connectivity index (χ2v) is 0.333. The average molecular weight is 127 g/mol. The van der Waals surface area contributed by atoms with Crippen LogP contribution < -0.4 is 58.2 Å². The van der Waals surface area contributed by atoms with Gasteiger partial charge >= 0.3 is 58.2 Å². The molecule has 0 saturated heterocycles. The molecule has 0 aromatic rings. The summed E-state index contributed by atoms with van der Waals surface area (Å²) in [5.41, 5.74) is 0. The summed E-state index contributed by atoms with van der Waals surface area (Å²) >= 11 is 0. The van der Waals surface area contributed by atoms with Crippen LogP contribution in [0.5, 0.6) is 0 Å². The summed E-state index contributed by atoms with van der Waals surface area (Å²) in [6.07, 6.45) is 1.50. The molecule has 0 nitrogen and oxygen atoms in total. The molecule has 0 aromatic carbocycles. The zero-order chi connectivity index (χ0) is 2.71. The van der Waals surface area contributed by atoms with Crippen LogP contribution in [0.2, 0.25) is 0 Å². The molecule has 0 aromatic heterocycles. The van der Waals surface area contributed by atoms with E-state index in [1.807, 2.05) is 0 Å². The molecule has 0 N–H and O–H groups in total. The Kier molecular flexibility index (Phi) is 20.1. The molecule has 0 bridgehead atoms. The predicted molar refractivity (Wildman–Crippen MR) is 14.5 cm³/mol. The Balaban J connectivity index is 0. The first kappa shape index (κ1) is 9.11. The second kappa shape index (κ2) is 8.82. The molecule has 1 heteroatoms. The molecule has 0 fully saturated rings. The van der Waals surface area contributed by atoms with E-state index in [-0.39, 0.29) is 58.2 Å². The normalized spacial score (nSPS) is 3.25. The monoisotopic (exact) mass is 126 g/mol. The number of hydrogen-bond donors (Lipinski definition) is 0. The van der Waals surface area contributed by atoms with Crippen molar-refractivity contribution in [2.75, 3.05) is 0 Å². The van der Waals surface area contributed by atoms with Crippen LogP contribution in [0.25, 0.3) is 0 Å². The van der Waals surface area contributed by atoms with Gasteiger partial charge in [-0.2, -0.15) is 0 Å². The molecule has 0 atom stereocenters. The van der Waals surface area contributed by atoms with Gasteiger partial charge < -0.3 is 6.58 Å². The summed E-state index contributed by atoms with van der Waals surface area (Å²) in [5.74, 6) is 0. The molecule has 0 aliphatic carbocycles. The predicted octanol–water partition coefficient (Wildman–Crippen LogP) is -2.00. The van der Waals surface area contributed by atoms with Crippen molar-refractivity contribution in [3.63, 3.8) is 0 Å². The van der Waals surface area contributed by atoms with Crippen molar-refractivity contribution in [2.45, 2.75) is 6.92 Å². The van der Waals surface area contributed by atoms with Crippen LogP contribution >= 0.6 is 0 Å². The minimum absolute atomic E-state index is 0. The summed E-state index contributed by atoms with van der Waals surface area (Å²) < 4.78 is 0. The minimum atomic E-state index is 0. The van der Waals surface area contributed by atoms with E-state index in [9.17, 15) is 0 Å². The smallest absolute Gasteiger partial charge is 0.518 e. The van der Waals surface area contributed by atoms with Gasteiger partial charge in [0.05, 0.1) is 0 Å². The molecule has 0 radical (unpaired) electrons. The second-order valence-electron chi connectivity index (χ2n) is 0.333. The zero-order valence-electron chi connectivity index (χ0n) is 3.15. The van der Waals surface area contributed by atoms with Gasteiger partial charge in [0.25, 0.3) is 0 Å². The Morgan fingerprint density at radius 2 is 1.75 bits per heavy atom. The molecule has 0 aliphatic heterocycles. The SMILES string of the molecule is [CH-]=CC.[Rb+]. The minimum Gasteiger partial charge on any atom is -0.518 e. The third-order valence-electron chi connectivity index (χ3n) is 0. The van der Waals surface area contributed by atoms with Crippen LogP contribution in [-0.4, -0.2) is 0 Å². The van der Waals surface area contributed by atoms with Crippen LogP contribution in [0.15, 0.2) is 6.08 Å². The Labute approximate surface area is 76.1 Å². The zero-order valence-corrected chi connectivity index (χ0v) is 8.07. The topological polar surface area (TPSA) is 0 Å². The van der Waals surface area contributed by atoms with E-state index in [1.54, 1.807) is 6.92 Å². The summed E-state index contributed by atoms with van der Waals surface area (Å²) in [5, 5.41) is 0. The maximum Gasteiger partial charge on any atom is 1.00 e. The van der Waals surface area contributed by atoms with Crippen LogP contribution in [0.4, 0.5) is 0 Å². The molecule has 0 heterocycles. The summed E-state index contributed by atoms with van der Waals surface area (Å²) in [6.45, 7) is 6.50. The molecule has 0 aliphatic rings. The fourth-order valence-electron chi connectivity index (χ4n) is 0. The number of hydrogen-bond acceptors (Lipinski definition) is 0. The molecule has 0 unspecified atom stereocenters. The summed E-state index contributed by atoms with van der Waals surface area (Å²) in [4.78, 5) is 0. The van der Waals surface area contributed by atoms with Crippen molar-refractivity contribution in [1.29, 1.82) is 0 Å². The molecule has 0 saturated carbocycles. The van der Waals surface area contributed by atoms with E-state index in [4.69, 9.17) is 6.58 Å². The van der Waals surface area contributed by atoms with Gasteiger partial charge in [-0.3, -0.25) is 6.08 Å². The molecule has 4 heavy (non-hydrogen) atoms. The van der Waals surface area contributed by atoms with Crippen molar-refractivity contribution in [1.82, 2.24) is 0 Å². The Morgan fingerprint density at radius 3 is 1.75 bits per heavy atom. The van der Waals surface area contributed by atoms with Crippen LogP contribution in [0.1, 0.15) is 6.92 Å². The van der Waals surface area contributed by atoms with Gasteiger partial charge in [-0.15, -0.1) is 0 Å². The fraction of sp³-hybridized carbons (Fsp3) is 0.333. The Bertz CT molecular complexity index is 10.8. The van der Waals surface area contributed by atoms with E-state index in [0.717, 1.165) is 0 Å². The summed E-state index contributed by atoms with van der Waals surface area (Å²) in [7, 11) is 0. The maximum atomic E-state index is 4.72. The van der Waals surface area contributed by atoms with Crippen LogP contribution in [0, 0.1) is 6.58 Å². The largest absolute Gasteiger partial charge is 1.00 e. The summed E-state index contributed by atoms with van der Waals surface area (Å²) in [6, 6.07) is 0. The van der Waals surface area contributed by atoms with Crippen molar-refractivity contribution >= 4 is 0 Å². The molecule has 0 amide bonds. The van der Waals surface area contributed by atoms with Gasteiger partial charge in [0.15, 0.2) is 0 Å². The van der Waals surface area contributed by atoms with Crippen LogP contribution in [-0.2, 0) is 0 Å². The molecular weight excluding hydrogens is 122 g/mol. The number of rotatable bonds is 0. The standard InChI is InChI=1S/C3H5.Rb/c1-3-2;/h1,3H,2H3;/q-1;+1. The average Bonchev–Trinajstić information content (AvgIpc) is 0.918. The third-order valence-corrected chi connectivity index (χ3v) is 0. The molecular formula is C3H5Rb. The van der Waals surface area contributed by atoms with E-state index in [1.165, 1.54) is 6.08 Å². The van der Waals surface area contributed by atoms with E-state index in [0.29, 0.717) is 0 Å². The Morgan fingerprint density at radius 1 is 1.75 bits per heavy atom. The first-order valence-corrected chi connectivity index (χ1v) is 0.911. The number of allylic oxidation sites excluding steroid dienone is 1. The third kappa shape index (κ3) is 9.62. The molecule has 0 rings (SSSR count). The quantitative estimate of drug-likeness (QED) is 0.330. The van der Waals surface area contributed by atoms with Crippen molar-refractivity contribution in [3.05, 3.63) is 12.7 Å². The van der Waals surface area contributed by atoms with Crippen molar-refractivity contribution in [2.24, 2.45) is 0 Å². The van der Waals surface area contributed by atoms with E-state index < -0.39 is 0 Å². The molecule has 0 spiro atoms. The Hall–Kier alpha value is 1.55. The van der Waals surface area contributed by atoms with Gasteiger partial charge in [-0.1, -0.05) is 6.92 Å². The fourth-order valence-corrected chi connectivity index (χ4v) is 0. The van der Waals surface area contributed by atoms with Gasteiger partial charge in [0.2, 0.25) is 0 Å². The van der Waals surface area contributed by atoms with Gasteiger partial charge in [-0.25, -0.2) is 0 Å². The van der Waals surface area contributed by atoms with Crippen LogP contribution in [0.3, 0.4) is 0 Å². The first-order valence-electron chi connectivity index (χ1n) is 0.911. The molecule has 18 valence electrons. The van der Waals surface area contributed by atoms with Crippen molar-refractivity contribution in [3.8, 4) is 0 Å². The van der Waals surface area contributed by atoms with Crippen molar-refractivity contribution < 1.29 is 58.2 Å². The van der Waals surface area contributed by atoms with Gasteiger partial charge in [-0.05, 0) is 0 Å². The van der Waals surface area contributed by atoms with Gasteiger partial charge in [0, 0.05) is 0 Å². The first-order chi connectivity index (χ1) is 1.41. The van der Waals surface area contributed by atoms with Gasteiger partial charge in [0.1, 0.15) is 0 Å². The van der Waals surface area contributed by atoms with E-state index in [2.05, 4.69) is 0 Å². The van der Waals surface area contributed by atoms with E-state index >= 15 is 0 Å².